The van der Waals surface area contributed by atoms with Crippen molar-refractivity contribution in [3.63, 3.8) is 0 Å². The van der Waals surface area contributed by atoms with Crippen LogP contribution in [-0.4, -0.2) is 58.7 Å². The summed E-state index contributed by atoms with van der Waals surface area (Å²) >= 11 is 7.60. The molecule has 1 aliphatic carbocycles. The number of nitrogens with zero attached hydrogens (tertiary/aromatic N) is 1. The highest BCUT2D eigenvalue weighted by Crippen LogP contribution is 2.76. The summed E-state index contributed by atoms with van der Waals surface area (Å²) in [5, 5.41) is 11.5. The Morgan fingerprint density at radius 3 is 2.69 bits per heavy atom. The number of nitrogens with one attached hydrogen (secondary N) is 1. The first-order valence-electron chi connectivity index (χ1n) is 13.5. The van der Waals surface area contributed by atoms with Crippen molar-refractivity contribution < 1.29 is 23.3 Å². The molecule has 220 valence electrons. The molecule has 1 aromatic rings. The van der Waals surface area contributed by atoms with Crippen molar-refractivity contribution in [3.05, 3.63) is 44.8 Å². The first kappa shape index (κ1) is 31.4. The second kappa shape index (κ2) is 10.9. The summed E-state index contributed by atoms with van der Waals surface area (Å²) in [7, 11) is -2.17. The average molecular weight is 619 g/mol. The Kier molecular flexibility index (Phi) is 8.79. The van der Waals surface area contributed by atoms with Gasteiger partial charge in [0.05, 0.1) is 12.7 Å². The van der Waals surface area contributed by atoms with Crippen LogP contribution >= 0.6 is 17.1 Å². The molecule has 8 atom stereocenters. The number of aryl methyl sites for hydroxylation is 1. The monoisotopic (exact) mass is 618 g/mol. The third kappa shape index (κ3) is 6.29. The van der Waals surface area contributed by atoms with Crippen molar-refractivity contribution in [2.45, 2.75) is 114 Å². The molecule has 2 saturated heterocycles. The maximum absolute atomic E-state index is 12.7. The number of fused-ring (bicyclic) bond motifs is 1. The van der Waals surface area contributed by atoms with E-state index in [4.69, 9.17) is 30.0 Å². The van der Waals surface area contributed by atoms with Crippen LogP contribution in [-0.2, 0) is 30.0 Å². The molecule has 0 bridgehead atoms. The highest BCUT2D eigenvalue weighted by molar-refractivity contribution is 8.68. The number of aromatic amines is 1. The Hall–Kier alpha value is -0.563. The lowest BCUT2D eigenvalue weighted by Gasteiger charge is -2.37. The van der Waals surface area contributed by atoms with E-state index in [0.29, 0.717) is 11.5 Å². The van der Waals surface area contributed by atoms with Crippen molar-refractivity contribution in [1.29, 1.82) is 0 Å². The maximum Gasteiger partial charge on any atom is 0.330 e. The van der Waals surface area contributed by atoms with Gasteiger partial charge in [0.1, 0.15) is 18.3 Å². The Balaban J connectivity index is 1.62. The molecule has 9 nitrogen and oxygen atoms in total. The molecule has 1 saturated carbocycles. The summed E-state index contributed by atoms with van der Waals surface area (Å²) in [5.74, 6) is 0.385. The second-order valence-electron chi connectivity index (χ2n) is 12.9. The van der Waals surface area contributed by atoms with Crippen molar-refractivity contribution >= 4 is 37.2 Å². The van der Waals surface area contributed by atoms with E-state index in [1.807, 2.05) is 0 Å². The molecule has 1 aromatic heterocycles. The first-order valence-corrected chi connectivity index (χ1v) is 20.5. The SMILES string of the molecule is C=C(C)[C@H]1CC[C@@]2(C)S[P@](=S)(O[C@H]3[C@@H](O)[C@H](n4cc(C)c(=O)[nH]c4=O)O[C@@H]3CO[Si](C)(C)C(C)(C)C)O[C@@H]2C1. The van der Waals surface area contributed by atoms with Gasteiger partial charge in [0.25, 0.3) is 5.56 Å². The Morgan fingerprint density at radius 2 is 2.08 bits per heavy atom. The molecule has 2 aliphatic heterocycles. The zero-order valence-electron chi connectivity index (χ0n) is 24.2. The first-order chi connectivity index (χ1) is 17.9. The Morgan fingerprint density at radius 1 is 1.41 bits per heavy atom. The van der Waals surface area contributed by atoms with Gasteiger partial charge in [-0.2, -0.15) is 0 Å². The molecule has 0 amide bonds. The number of hydrogen-bond acceptors (Lipinski definition) is 9. The topological polar surface area (TPSA) is 112 Å². The second-order valence-corrected chi connectivity index (χ2v) is 24.3. The van der Waals surface area contributed by atoms with Gasteiger partial charge in [-0.25, -0.2) is 4.79 Å². The highest BCUT2D eigenvalue weighted by Gasteiger charge is 2.57. The van der Waals surface area contributed by atoms with Crippen LogP contribution in [0.1, 0.15) is 65.7 Å². The number of H-pyrrole nitrogens is 1. The lowest BCUT2D eigenvalue weighted by molar-refractivity contribution is -0.0528. The molecule has 0 aromatic carbocycles. The number of hydrogen-bond donors (Lipinski definition) is 2. The lowest BCUT2D eigenvalue weighted by Crippen LogP contribution is -2.45. The summed E-state index contributed by atoms with van der Waals surface area (Å²) in [5.41, 5.74) is -2.54. The van der Waals surface area contributed by atoms with E-state index >= 15 is 0 Å². The van der Waals surface area contributed by atoms with E-state index in [-0.39, 0.29) is 22.5 Å². The molecule has 0 radical (unpaired) electrons. The van der Waals surface area contributed by atoms with Crippen molar-refractivity contribution in [2.75, 3.05) is 6.61 Å². The quantitative estimate of drug-likeness (QED) is 0.248. The molecule has 39 heavy (non-hydrogen) atoms. The van der Waals surface area contributed by atoms with Gasteiger partial charge in [-0.15, -0.1) is 0 Å². The van der Waals surface area contributed by atoms with Gasteiger partial charge in [0, 0.05) is 16.5 Å². The number of aliphatic hydroxyl groups excluding tert-OH is 1. The summed E-state index contributed by atoms with van der Waals surface area (Å²) < 4.78 is 26.8. The number of allylic oxidation sites excluding steroid dienone is 1. The van der Waals surface area contributed by atoms with Crippen LogP contribution in [0.2, 0.25) is 18.1 Å². The van der Waals surface area contributed by atoms with Gasteiger partial charge >= 0.3 is 5.69 Å². The summed E-state index contributed by atoms with van der Waals surface area (Å²) in [6.07, 6.45) is 0.270. The molecular weight excluding hydrogens is 575 g/mol. The third-order valence-electron chi connectivity index (χ3n) is 8.84. The predicted octanol–water partition coefficient (Wildman–Crippen LogP) is 5.00. The van der Waals surface area contributed by atoms with E-state index in [1.54, 1.807) is 18.3 Å². The van der Waals surface area contributed by atoms with E-state index < -0.39 is 49.8 Å². The molecule has 2 N–H and O–H groups in total. The van der Waals surface area contributed by atoms with Crippen LogP contribution in [0.15, 0.2) is 27.9 Å². The summed E-state index contributed by atoms with van der Waals surface area (Å²) in [6.45, 7) is 20.9. The van der Waals surface area contributed by atoms with Crippen LogP contribution in [0.4, 0.5) is 0 Å². The maximum atomic E-state index is 12.7. The normalized spacial score (nSPS) is 37.2. The minimum atomic E-state index is -2.87. The van der Waals surface area contributed by atoms with Gasteiger partial charge in [-0.3, -0.25) is 14.3 Å². The van der Waals surface area contributed by atoms with Crippen LogP contribution in [0.3, 0.4) is 0 Å². The van der Waals surface area contributed by atoms with Crippen molar-refractivity contribution in [3.8, 4) is 0 Å². The van der Waals surface area contributed by atoms with Crippen molar-refractivity contribution in [2.24, 2.45) is 5.92 Å². The minimum Gasteiger partial charge on any atom is -0.414 e. The molecule has 4 rings (SSSR count). The fraction of sp³-hybridized carbons (Fsp3) is 0.769. The smallest absolute Gasteiger partial charge is 0.330 e. The van der Waals surface area contributed by atoms with Gasteiger partial charge < -0.3 is 23.3 Å². The van der Waals surface area contributed by atoms with E-state index in [9.17, 15) is 14.7 Å². The predicted molar refractivity (Wildman–Crippen MR) is 161 cm³/mol. The van der Waals surface area contributed by atoms with Gasteiger partial charge in [-0.1, -0.05) is 44.3 Å². The molecule has 3 heterocycles. The zero-order chi connectivity index (χ0) is 29.1. The standard InChI is InChI=1S/C26H43N2O7PS2Si/c1-15(2)17-10-11-26(7)19(12-17)34-36(37,38-26)35-21-18(14-32-39(8,9)25(4,5)6)33-23(20(21)29)28-13-16(3)22(30)27-24(28)31/h13,17-21,23,29H,1,10-12,14H2,2-9H3,(H,27,30,31)/t17-,18+,19+,20+,21+,23+,26+,36-/m0/s1. The number of rotatable bonds is 7. The summed E-state index contributed by atoms with van der Waals surface area (Å²) in [6, 6.07) is 0. The van der Waals surface area contributed by atoms with Gasteiger partial charge in [0.2, 0.25) is 5.69 Å². The number of aromatic nitrogens is 2. The molecular formula is C26H43N2O7PS2Si. The van der Waals surface area contributed by atoms with Crippen LogP contribution in [0.5, 0.6) is 0 Å². The highest BCUT2D eigenvalue weighted by atomic mass is 32.9. The van der Waals surface area contributed by atoms with E-state index in [1.165, 1.54) is 10.8 Å². The third-order valence-corrected chi connectivity index (χ3v) is 19.1. The average Bonchev–Trinajstić information content (AvgIpc) is 3.25. The molecule has 3 fully saturated rings. The molecule has 0 spiro atoms. The number of ether oxygens (including phenoxy) is 1. The fourth-order valence-electron chi connectivity index (χ4n) is 5.08. The van der Waals surface area contributed by atoms with Gasteiger partial charge in [-0.05, 0) is 75.9 Å². The Bertz CT molecular complexity index is 1280. The van der Waals surface area contributed by atoms with Crippen molar-refractivity contribution in [1.82, 2.24) is 9.55 Å². The molecule has 13 heteroatoms. The lowest BCUT2D eigenvalue weighted by atomic mass is 9.77. The van der Waals surface area contributed by atoms with Crippen LogP contribution in [0, 0.1) is 12.8 Å². The van der Waals surface area contributed by atoms with Crippen LogP contribution in [0.25, 0.3) is 0 Å². The van der Waals surface area contributed by atoms with Crippen LogP contribution < -0.4 is 11.2 Å². The molecule has 3 aliphatic rings. The largest absolute Gasteiger partial charge is 0.414 e. The van der Waals surface area contributed by atoms with Gasteiger partial charge in [0.15, 0.2) is 14.5 Å². The van der Waals surface area contributed by atoms with E-state index in [0.717, 1.165) is 24.8 Å². The van der Waals surface area contributed by atoms with E-state index in [2.05, 4.69) is 59.3 Å². The minimum absolute atomic E-state index is 0.0340. The molecule has 0 unspecified atom stereocenters. The number of aliphatic hydroxyl groups is 1. The summed E-state index contributed by atoms with van der Waals surface area (Å²) in [4.78, 5) is 27.0. The zero-order valence-corrected chi connectivity index (χ0v) is 27.7. The Labute approximate surface area is 241 Å². The fourth-order valence-corrected chi connectivity index (χ4v) is 13.6.